The Morgan fingerprint density at radius 1 is 1.42 bits per heavy atom. The Hall–Kier alpha value is -1.26. The molecule has 4 nitrogen and oxygen atoms in total. The van der Waals surface area contributed by atoms with E-state index >= 15 is 0 Å². The van der Waals surface area contributed by atoms with E-state index < -0.39 is 0 Å². The van der Waals surface area contributed by atoms with Crippen molar-refractivity contribution in [3.8, 4) is 11.5 Å². The van der Waals surface area contributed by atoms with Gasteiger partial charge in [0.25, 0.3) is 0 Å². The molecule has 1 saturated heterocycles. The molecule has 0 aromatic heterocycles. The minimum absolute atomic E-state index is 0.0380. The molecule has 0 saturated carbocycles. The largest absolute Gasteiger partial charge is 0.493 e. The first kappa shape index (κ1) is 12.8. The second-order valence-corrected chi connectivity index (χ2v) is 5.31. The summed E-state index contributed by atoms with van der Waals surface area (Å²) in [5, 5.41) is 0. The van der Waals surface area contributed by atoms with Gasteiger partial charge < -0.3 is 19.9 Å². The second kappa shape index (κ2) is 5.02. The fraction of sp³-hybridized carbons (Fsp3) is 0.600. The first-order valence-electron chi connectivity index (χ1n) is 7.02. The lowest BCUT2D eigenvalue weighted by atomic mass is 9.99. The van der Waals surface area contributed by atoms with Crippen molar-refractivity contribution in [2.75, 3.05) is 13.2 Å². The molecule has 1 aromatic rings. The summed E-state index contributed by atoms with van der Waals surface area (Å²) in [6.07, 6.45) is 1.99. The van der Waals surface area contributed by atoms with Gasteiger partial charge >= 0.3 is 0 Å². The molecule has 0 bridgehead atoms. The van der Waals surface area contributed by atoms with Gasteiger partial charge in [-0.25, -0.2) is 0 Å². The Morgan fingerprint density at radius 3 is 2.95 bits per heavy atom. The highest BCUT2D eigenvalue weighted by Crippen LogP contribution is 2.41. The van der Waals surface area contributed by atoms with Crippen LogP contribution in [0.15, 0.2) is 12.1 Å². The SMILES string of the molecule is CCOc1cc2c(cc1C1OCCC1N)OC(C)C2. The van der Waals surface area contributed by atoms with Crippen LogP contribution in [0.25, 0.3) is 0 Å². The first-order valence-corrected chi connectivity index (χ1v) is 7.02. The number of nitrogens with two attached hydrogens (primary N) is 1. The van der Waals surface area contributed by atoms with Crippen molar-refractivity contribution in [1.82, 2.24) is 0 Å². The van der Waals surface area contributed by atoms with E-state index in [9.17, 15) is 0 Å². The third-order valence-electron chi connectivity index (χ3n) is 3.77. The molecule has 0 spiro atoms. The molecule has 2 heterocycles. The van der Waals surface area contributed by atoms with E-state index in [4.69, 9.17) is 19.9 Å². The van der Waals surface area contributed by atoms with Crippen LogP contribution >= 0.6 is 0 Å². The van der Waals surface area contributed by atoms with E-state index in [1.165, 1.54) is 5.56 Å². The number of hydrogen-bond donors (Lipinski definition) is 1. The Kier molecular flexibility index (Phi) is 3.37. The van der Waals surface area contributed by atoms with E-state index in [1.54, 1.807) is 0 Å². The monoisotopic (exact) mass is 263 g/mol. The van der Waals surface area contributed by atoms with Crippen LogP contribution in [-0.4, -0.2) is 25.4 Å². The van der Waals surface area contributed by atoms with Crippen LogP contribution in [0.5, 0.6) is 11.5 Å². The molecule has 4 heteroatoms. The van der Waals surface area contributed by atoms with Gasteiger partial charge in [0.2, 0.25) is 0 Å². The molecule has 3 rings (SSSR count). The van der Waals surface area contributed by atoms with Gasteiger partial charge in [-0.3, -0.25) is 0 Å². The highest BCUT2D eigenvalue weighted by Gasteiger charge is 2.31. The molecule has 1 aromatic carbocycles. The lowest BCUT2D eigenvalue weighted by molar-refractivity contribution is 0.102. The fourth-order valence-electron chi connectivity index (χ4n) is 2.88. The third-order valence-corrected chi connectivity index (χ3v) is 3.77. The van der Waals surface area contributed by atoms with Gasteiger partial charge in [0, 0.05) is 30.2 Å². The zero-order valence-electron chi connectivity index (χ0n) is 11.5. The molecule has 1 fully saturated rings. The zero-order chi connectivity index (χ0) is 13.4. The van der Waals surface area contributed by atoms with Crippen LogP contribution in [0, 0.1) is 0 Å². The quantitative estimate of drug-likeness (QED) is 0.908. The molecular formula is C15H21NO3. The van der Waals surface area contributed by atoms with Gasteiger partial charge in [0.15, 0.2) is 0 Å². The molecule has 0 amide bonds. The van der Waals surface area contributed by atoms with E-state index in [-0.39, 0.29) is 18.2 Å². The predicted molar refractivity (Wildman–Crippen MR) is 72.7 cm³/mol. The van der Waals surface area contributed by atoms with Crippen molar-refractivity contribution in [3.05, 3.63) is 23.3 Å². The molecule has 19 heavy (non-hydrogen) atoms. The van der Waals surface area contributed by atoms with Crippen LogP contribution in [0.3, 0.4) is 0 Å². The molecule has 2 aliphatic rings. The predicted octanol–water partition coefficient (Wildman–Crippen LogP) is 2.20. The molecule has 0 radical (unpaired) electrons. The van der Waals surface area contributed by atoms with Gasteiger partial charge in [-0.2, -0.15) is 0 Å². The highest BCUT2D eigenvalue weighted by atomic mass is 16.5. The van der Waals surface area contributed by atoms with E-state index in [1.807, 2.05) is 6.92 Å². The summed E-state index contributed by atoms with van der Waals surface area (Å²) in [6, 6.07) is 4.18. The molecule has 2 N–H and O–H groups in total. The van der Waals surface area contributed by atoms with E-state index in [0.29, 0.717) is 13.2 Å². The fourth-order valence-corrected chi connectivity index (χ4v) is 2.88. The maximum Gasteiger partial charge on any atom is 0.125 e. The Balaban J connectivity index is 1.99. The van der Waals surface area contributed by atoms with Crippen LogP contribution in [0.2, 0.25) is 0 Å². The van der Waals surface area contributed by atoms with E-state index in [0.717, 1.165) is 29.9 Å². The smallest absolute Gasteiger partial charge is 0.125 e. The van der Waals surface area contributed by atoms with Crippen molar-refractivity contribution in [2.24, 2.45) is 5.73 Å². The summed E-state index contributed by atoms with van der Waals surface area (Å²) >= 11 is 0. The summed E-state index contributed by atoms with van der Waals surface area (Å²) in [7, 11) is 0. The molecule has 3 atom stereocenters. The Labute approximate surface area is 113 Å². The average Bonchev–Trinajstić information content (AvgIpc) is 2.93. The minimum Gasteiger partial charge on any atom is -0.493 e. The van der Waals surface area contributed by atoms with Crippen molar-refractivity contribution in [3.63, 3.8) is 0 Å². The molecule has 3 unspecified atom stereocenters. The third kappa shape index (κ3) is 2.30. The second-order valence-electron chi connectivity index (χ2n) is 5.31. The normalized spacial score (nSPS) is 29.1. The number of ether oxygens (including phenoxy) is 3. The summed E-state index contributed by atoms with van der Waals surface area (Å²) in [5.74, 6) is 1.84. The van der Waals surface area contributed by atoms with Gasteiger partial charge in [-0.05, 0) is 32.4 Å². The number of benzene rings is 1. The minimum atomic E-state index is -0.0774. The van der Waals surface area contributed by atoms with Crippen molar-refractivity contribution in [1.29, 1.82) is 0 Å². The summed E-state index contributed by atoms with van der Waals surface area (Å²) in [5.41, 5.74) is 8.37. The summed E-state index contributed by atoms with van der Waals surface area (Å²) in [4.78, 5) is 0. The summed E-state index contributed by atoms with van der Waals surface area (Å²) in [6.45, 7) is 5.43. The van der Waals surface area contributed by atoms with Gasteiger partial charge in [-0.1, -0.05) is 0 Å². The Bertz CT molecular complexity index is 475. The van der Waals surface area contributed by atoms with Crippen LogP contribution in [0.4, 0.5) is 0 Å². The van der Waals surface area contributed by atoms with Gasteiger partial charge in [-0.15, -0.1) is 0 Å². The van der Waals surface area contributed by atoms with Gasteiger partial charge in [0.1, 0.15) is 23.7 Å². The summed E-state index contributed by atoms with van der Waals surface area (Å²) < 4.78 is 17.4. The van der Waals surface area contributed by atoms with Gasteiger partial charge in [0.05, 0.1) is 6.61 Å². The standard InChI is InChI=1S/C15H21NO3/c1-3-17-14-7-10-6-9(2)19-13(10)8-11(14)15-12(16)4-5-18-15/h7-9,12,15H,3-6,16H2,1-2H3. The Morgan fingerprint density at radius 2 is 2.26 bits per heavy atom. The molecule has 2 aliphatic heterocycles. The lowest BCUT2D eigenvalue weighted by Crippen LogP contribution is -2.24. The number of hydrogen-bond acceptors (Lipinski definition) is 4. The van der Waals surface area contributed by atoms with Crippen LogP contribution in [-0.2, 0) is 11.2 Å². The maximum atomic E-state index is 6.13. The maximum absolute atomic E-state index is 6.13. The molecular weight excluding hydrogens is 242 g/mol. The zero-order valence-corrected chi connectivity index (χ0v) is 11.5. The molecule has 0 aliphatic carbocycles. The molecule has 104 valence electrons. The van der Waals surface area contributed by atoms with Crippen LogP contribution < -0.4 is 15.2 Å². The van der Waals surface area contributed by atoms with Crippen molar-refractivity contribution >= 4 is 0 Å². The van der Waals surface area contributed by atoms with Crippen LogP contribution in [0.1, 0.15) is 37.5 Å². The van der Waals surface area contributed by atoms with Crippen molar-refractivity contribution < 1.29 is 14.2 Å². The average molecular weight is 263 g/mol. The topological polar surface area (TPSA) is 53.7 Å². The highest BCUT2D eigenvalue weighted by molar-refractivity contribution is 5.50. The van der Waals surface area contributed by atoms with E-state index in [2.05, 4.69) is 19.1 Å². The van der Waals surface area contributed by atoms with Crippen molar-refractivity contribution in [2.45, 2.75) is 44.9 Å². The number of rotatable bonds is 3. The number of fused-ring (bicyclic) bond motifs is 1. The first-order chi connectivity index (χ1) is 9.19. The lowest BCUT2D eigenvalue weighted by Gasteiger charge is -2.20.